The molecule has 1 amide bonds. The van der Waals surface area contributed by atoms with Gasteiger partial charge in [-0.3, -0.25) is 9.69 Å². The highest BCUT2D eigenvalue weighted by Crippen LogP contribution is 2.30. The Hall–Kier alpha value is -3.83. The second-order valence-electron chi connectivity index (χ2n) is 8.14. The Balaban J connectivity index is 1.60. The van der Waals surface area contributed by atoms with Gasteiger partial charge in [-0.15, -0.1) is 0 Å². The van der Waals surface area contributed by atoms with Crippen molar-refractivity contribution in [1.82, 2.24) is 15.2 Å². The zero-order valence-corrected chi connectivity index (χ0v) is 18.4. The summed E-state index contributed by atoms with van der Waals surface area (Å²) in [6, 6.07) is 11.0. The number of alkyl halides is 1. The summed E-state index contributed by atoms with van der Waals surface area (Å²) < 4.78 is 40.3. The van der Waals surface area contributed by atoms with E-state index in [-0.39, 0.29) is 17.0 Å². The first kappa shape index (κ1) is 23.3. The van der Waals surface area contributed by atoms with Crippen LogP contribution in [0.3, 0.4) is 0 Å². The van der Waals surface area contributed by atoms with E-state index in [1.807, 2.05) is 4.90 Å². The predicted molar refractivity (Wildman–Crippen MR) is 121 cm³/mol. The van der Waals surface area contributed by atoms with Crippen LogP contribution in [0.5, 0.6) is 5.75 Å². The fourth-order valence-corrected chi connectivity index (χ4v) is 3.70. The van der Waals surface area contributed by atoms with E-state index in [1.54, 1.807) is 13.0 Å². The standard InChI is InChI=1S/C26H22F3N3O2/c1-16-11-17(3-2-10-32-14-21(29)15-32)12-23(30-16)26(34)31-25(18-4-6-19(27)7-5-18)22-13-20(28)8-9-24(22)33/h4-9,11-13,21,25,33H,10,14-15H2,1H3,(H,31,34). The van der Waals surface area contributed by atoms with E-state index in [4.69, 9.17) is 0 Å². The maximum atomic E-state index is 13.9. The molecule has 0 saturated carbocycles. The minimum absolute atomic E-state index is 0.0834. The number of likely N-dealkylation sites (tertiary alicyclic amines) is 1. The third-order valence-corrected chi connectivity index (χ3v) is 5.41. The summed E-state index contributed by atoms with van der Waals surface area (Å²) in [5.74, 6) is 4.07. The first-order valence-electron chi connectivity index (χ1n) is 10.7. The first-order chi connectivity index (χ1) is 16.3. The Morgan fingerprint density at radius 1 is 1.15 bits per heavy atom. The van der Waals surface area contributed by atoms with Crippen molar-refractivity contribution < 1.29 is 23.1 Å². The minimum atomic E-state index is -0.958. The van der Waals surface area contributed by atoms with Gasteiger partial charge in [-0.1, -0.05) is 24.0 Å². The molecular weight excluding hydrogens is 443 g/mol. The molecule has 174 valence electrons. The molecule has 1 unspecified atom stereocenters. The molecule has 3 aromatic rings. The lowest BCUT2D eigenvalue weighted by molar-refractivity contribution is 0.0791. The summed E-state index contributed by atoms with van der Waals surface area (Å²) in [4.78, 5) is 19.3. The molecule has 0 bridgehead atoms. The van der Waals surface area contributed by atoms with E-state index < -0.39 is 29.8 Å². The molecule has 0 spiro atoms. The summed E-state index contributed by atoms with van der Waals surface area (Å²) in [5.41, 5.74) is 1.79. The molecule has 1 atom stereocenters. The zero-order chi connectivity index (χ0) is 24.2. The van der Waals surface area contributed by atoms with Gasteiger partial charge in [0, 0.05) is 29.9 Å². The normalized spacial score (nSPS) is 14.6. The molecule has 4 rings (SSSR count). The summed E-state index contributed by atoms with van der Waals surface area (Å²) >= 11 is 0. The Labute approximate surface area is 195 Å². The van der Waals surface area contributed by atoms with Gasteiger partial charge in [-0.25, -0.2) is 18.2 Å². The van der Waals surface area contributed by atoms with Crippen molar-refractivity contribution in [3.05, 3.63) is 94.3 Å². The lowest BCUT2D eigenvalue weighted by Crippen LogP contribution is -2.48. The lowest BCUT2D eigenvalue weighted by Gasteiger charge is -2.32. The molecule has 2 N–H and O–H groups in total. The van der Waals surface area contributed by atoms with Crippen molar-refractivity contribution in [1.29, 1.82) is 0 Å². The van der Waals surface area contributed by atoms with Crippen molar-refractivity contribution in [2.24, 2.45) is 0 Å². The fraction of sp³-hybridized carbons (Fsp3) is 0.231. The monoisotopic (exact) mass is 465 g/mol. The number of aromatic hydroxyl groups is 1. The number of hydrogen-bond acceptors (Lipinski definition) is 4. The molecule has 8 heteroatoms. The van der Waals surface area contributed by atoms with Crippen LogP contribution in [0.1, 0.15) is 38.9 Å². The number of aryl methyl sites for hydroxylation is 1. The molecule has 1 saturated heterocycles. The summed E-state index contributed by atoms with van der Waals surface area (Å²) in [6.07, 6.45) is -0.799. The smallest absolute Gasteiger partial charge is 0.270 e. The van der Waals surface area contributed by atoms with Gasteiger partial charge in [0.2, 0.25) is 0 Å². The zero-order valence-electron chi connectivity index (χ0n) is 18.4. The second-order valence-corrected chi connectivity index (χ2v) is 8.14. The van der Waals surface area contributed by atoms with Crippen LogP contribution in [0.2, 0.25) is 0 Å². The quantitative estimate of drug-likeness (QED) is 0.561. The van der Waals surface area contributed by atoms with E-state index >= 15 is 0 Å². The SMILES string of the molecule is Cc1cc(C#CCN2CC(F)C2)cc(C(=O)NC(c2ccc(F)cc2)c2cc(F)ccc2O)n1. The number of phenolic OH excluding ortho intramolecular Hbond substituents is 1. The van der Waals surface area contributed by atoms with Crippen LogP contribution in [0.15, 0.2) is 54.6 Å². The number of aromatic nitrogens is 1. The third-order valence-electron chi connectivity index (χ3n) is 5.41. The van der Waals surface area contributed by atoms with Crippen LogP contribution in [0, 0.1) is 30.4 Å². The van der Waals surface area contributed by atoms with E-state index in [1.165, 1.54) is 36.4 Å². The molecule has 0 aliphatic carbocycles. The summed E-state index contributed by atoms with van der Waals surface area (Å²) in [7, 11) is 0. The van der Waals surface area contributed by atoms with Crippen LogP contribution in [0.4, 0.5) is 13.2 Å². The Bertz CT molecular complexity index is 1260. The van der Waals surface area contributed by atoms with E-state index in [0.717, 1.165) is 12.1 Å². The van der Waals surface area contributed by atoms with Crippen molar-refractivity contribution in [3.63, 3.8) is 0 Å². The number of phenols is 1. The predicted octanol–water partition coefficient (Wildman–Crippen LogP) is 3.90. The highest BCUT2D eigenvalue weighted by atomic mass is 19.1. The summed E-state index contributed by atoms with van der Waals surface area (Å²) in [6.45, 7) is 2.89. The molecule has 1 aliphatic heterocycles. The van der Waals surface area contributed by atoms with Gasteiger partial charge in [-0.2, -0.15) is 0 Å². The average molecular weight is 465 g/mol. The van der Waals surface area contributed by atoms with Gasteiger partial charge in [0.1, 0.15) is 29.2 Å². The highest BCUT2D eigenvalue weighted by molar-refractivity contribution is 5.93. The number of hydrogen-bond donors (Lipinski definition) is 2. The van der Waals surface area contributed by atoms with Crippen LogP contribution in [-0.2, 0) is 0 Å². The van der Waals surface area contributed by atoms with E-state index in [2.05, 4.69) is 22.1 Å². The fourth-order valence-electron chi connectivity index (χ4n) is 3.70. The molecule has 1 aliphatic rings. The van der Waals surface area contributed by atoms with Crippen LogP contribution < -0.4 is 5.32 Å². The molecule has 5 nitrogen and oxygen atoms in total. The maximum absolute atomic E-state index is 13.9. The number of benzene rings is 2. The van der Waals surface area contributed by atoms with Crippen molar-refractivity contribution in [2.45, 2.75) is 19.1 Å². The molecule has 2 heterocycles. The van der Waals surface area contributed by atoms with Crippen LogP contribution in [0.25, 0.3) is 0 Å². The molecule has 2 aromatic carbocycles. The first-order valence-corrected chi connectivity index (χ1v) is 10.7. The second kappa shape index (κ2) is 9.98. The number of halogens is 3. The number of nitrogens with one attached hydrogen (secondary N) is 1. The number of carbonyl (C=O) groups excluding carboxylic acids is 1. The van der Waals surface area contributed by atoms with Crippen LogP contribution >= 0.6 is 0 Å². The number of pyridine rings is 1. The van der Waals surface area contributed by atoms with Crippen molar-refractivity contribution in [3.8, 4) is 17.6 Å². The van der Waals surface area contributed by atoms with Gasteiger partial charge in [0.05, 0.1) is 12.6 Å². The Morgan fingerprint density at radius 2 is 1.85 bits per heavy atom. The lowest BCUT2D eigenvalue weighted by atomic mass is 9.97. The maximum Gasteiger partial charge on any atom is 0.270 e. The van der Waals surface area contributed by atoms with Gasteiger partial charge >= 0.3 is 0 Å². The summed E-state index contributed by atoms with van der Waals surface area (Å²) in [5, 5.41) is 13.1. The van der Waals surface area contributed by atoms with Gasteiger partial charge in [-0.05, 0) is 55.0 Å². The van der Waals surface area contributed by atoms with E-state index in [0.29, 0.717) is 36.5 Å². The van der Waals surface area contributed by atoms with Crippen molar-refractivity contribution in [2.75, 3.05) is 19.6 Å². The van der Waals surface area contributed by atoms with E-state index in [9.17, 15) is 23.1 Å². The molecule has 34 heavy (non-hydrogen) atoms. The topological polar surface area (TPSA) is 65.5 Å². The van der Waals surface area contributed by atoms with Crippen LogP contribution in [-0.4, -0.2) is 46.7 Å². The third kappa shape index (κ3) is 5.56. The van der Waals surface area contributed by atoms with Gasteiger partial charge < -0.3 is 10.4 Å². The Kier molecular flexibility index (Phi) is 6.85. The molecule has 0 radical (unpaired) electrons. The number of rotatable bonds is 5. The number of amides is 1. The van der Waals surface area contributed by atoms with Gasteiger partial charge in [0.25, 0.3) is 5.91 Å². The molecular formula is C26H22F3N3O2. The van der Waals surface area contributed by atoms with Crippen molar-refractivity contribution >= 4 is 5.91 Å². The number of carbonyl (C=O) groups is 1. The largest absolute Gasteiger partial charge is 0.508 e. The average Bonchev–Trinajstić information content (AvgIpc) is 2.78. The molecule has 1 aromatic heterocycles. The molecule has 1 fully saturated rings. The van der Waals surface area contributed by atoms with Gasteiger partial charge in [0.15, 0.2) is 0 Å². The number of nitrogens with zero attached hydrogens (tertiary/aromatic N) is 2. The minimum Gasteiger partial charge on any atom is -0.508 e. The Morgan fingerprint density at radius 3 is 2.56 bits per heavy atom. The highest BCUT2D eigenvalue weighted by Gasteiger charge is 2.25.